The third-order valence-electron chi connectivity index (χ3n) is 2.39. The average molecular weight is 346 g/mol. The van der Waals surface area contributed by atoms with Crippen LogP contribution in [0.4, 0.5) is 0 Å². The molecule has 6 heteroatoms. The second-order valence-corrected chi connectivity index (χ2v) is 7.62. The SMILES string of the molecule is CC(C)(C)[C@H](NC(=O)/C=C/c1ccc(Br)s1)C(=O)O. The Bertz CT molecular complexity index is 502. The Labute approximate surface area is 124 Å². The van der Waals surface area contributed by atoms with Crippen LogP contribution in [0.3, 0.4) is 0 Å². The van der Waals surface area contributed by atoms with Crippen LogP contribution < -0.4 is 5.32 Å². The molecule has 104 valence electrons. The predicted molar refractivity (Wildman–Crippen MR) is 80.1 cm³/mol. The van der Waals surface area contributed by atoms with Crippen molar-refractivity contribution >= 4 is 45.2 Å². The van der Waals surface area contributed by atoms with Gasteiger partial charge >= 0.3 is 5.97 Å². The Morgan fingerprint density at radius 1 is 1.42 bits per heavy atom. The Morgan fingerprint density at radius 3 is 2.47 bits per heavy atom. The van der Waals surface area contributed by atoms with E-state index in [0.29, 0.717) is 0 Å². The molecule has 0 aliphatic rings. The van der Waals surface area contributed by atoms with Crippen molar-refractivity contribution in [2.45, 2.75) is 26.8 Å². The summed E-state index contributed by atoms with van der Waals surface area (Å²) in [4.78, 5) is 23.8. The summed E-state index contributed by atoms with van der Waals surface area (Å²) in [7, 11) is 0. The summed E-state index contributed by atoms with van der Waals surface area (Å²) in [6.45, 7) is 5.31. The molecule has 1 amide bonds. The molecule has 1 aromatic rings. The Hall–Kier alpha value is -1.14. The van der Waals surface area contributed by atoms with Gasteiger partial charge in [0.1, 0.15) is 6.04 Å². The van der Waals surface area contributed by atoms with Gasteiger partial charge in [0.25, 0.3) is 0 Å². The summed E-state index contributed by atoms with van der Waals surface area (Å²) in [5.74, 6) is -1.44. The van der Waals surface area contributed by atoms with E-state index in [9.17, 15) is 9.59 Å². The van der Waals surface area contributed by atoms with E-state index in [4.69, 9.17) is 5.11 Å². The van der Waals surface area contributed by atoms with E-state index in [0.717, 1.165) is 8.66 Å². The second kappa shape index (κ2) is 6.34. The Balaban J connectivity index is 2.68. The molecule has 0 aliphatic carbocycles. The van der Waals surface area contributed by atoms with Gasteiger partial charge in [0.15, 0.2) is 0 Å². The normalized spacial score (nSPS) is 13.5. The molecular formula is C13H16BrNO3S. The summed E-state index contributed by atoms with van der Waals surface area (Å²) in [6, 6.07) is 2.84. The van der Waals surface area contributed by atoms with Crippen LogP contribution in [0, 0.1) is 5.41 Å². The highest BCUT2D eigenvalue weighted by atomic mass is 79.9. The van der Waals surface area contributed by atoms with E-state index < -0.39 is 23.3 Å². The monoisotopic (exact) mass is 345 g/mol. The van der Waals surface area contributed by atoms with Gasteiger partial charge in [-0.05, 0) is 39.6 Å². The molecule has 1 atom stereocenters. The first-order chi connectivity index (χ1) is 8.70. The van der Waals surface area contributed by atoms with Crippen molar-refractivity contribution < 1.29 is 14.7 Å². The van der Waals surface area contributed by atoms with Crippen molar-refractivity contribution in [2.75, 3.05) is 0 Å². The van der Waals surface area contributed by atoms with Gasteiger partial charge in [0.05, 0.1) is 3.79 Å². The number of amides is 1. The molecule has 0 spiro atoms. The summed E-state index contributed by atoms with van der Waals surface area (Å²) in [5, 5.41) is 11.6. The standard InChI is InChI=1S/C13H16BrNO3S/c1-13(2,3)11(12(17)18)15-10(16)7-5-8-4-6-9(14)19-8/h4-7,11H,1-3H3,(H,15,16)(H,17,18)/b7-5+/t11-/m1/s1. The minimum atomic E-state index is -1.03. The minimum Gasteiger partial charge on any atom is -0.480 e. The number of halogens is 1. The van der Waals surface area contributed by atoms with Crippen molar-refractivity contribution in [3.8, 4) is 0 Å². The van der Waals surface area contributed by atoms with E-state index >= 15 is 0 Å². The molecule has 0 aromatic carbocycles. The number of carboxylic acid groups (broad SMARTS) is 1. The number of carbonyl (C=O) groups excluding carboxylic acids is 1. The molecule has 4 nitrogen and oxygen atoms in total. The lowest BCUT2D eigenvalue weighted by molar-refractivity contribution is -0.144. The molecule has 0 saturated carbocycles. The fraction of sp³-hybridized carbons (Fsp3) is 0.385. The topological polar surface area (TPSA) is 66.4 Å². The van der Waals surface area contributed by atoms with Gasteiger partial charge in [-0.25, -0.2) is 4.79 Å². The maximum absolute atomic E-state index is 11.7. The van der Waals surface area contributed by atoms with Crippen molar-refractivity contribution in [3.05, 3.63) is 26.9 Å². The highest BCUT2D eigenvalue weighted by molar-refractivity contribution is 9.11. The van der Waals surface area contributed by atoms with E-state index in [-0.39, 0.29) is 0 Å². The maximum Gasteiger partial charge on any atom is 0.326 e. The molecule has 19 heavy (non-hydrogen) atoms. The Kier molecular flexibility index (Phi) is 5.31. The van der Waals surface area contributed by atoms with Gasteiger partial charge in [-0.3, -0.25) is 4.79 Å². The zero-order valence-corrected chi connectivity index (χ0v) is 13.3. The van der Waals surface area contributed by atoms with Crippen molar-refractivity contribution in [3.63, 3.8) is 0 Å². The van der Waals surface area contributed by atoms with Crippen molar-refractivity contribution in [1.82, 2.24) is 5.32 Å². The summed E-state index contributed by atoms with van der Waals surface area (Å²) < 4.78 is 0.977. The number of nitrogens with one attached hydrogen (secondary N) is 1. The first-order valence-electron chi connectivity index (χ1n) is 5.67. The number of hydrogen-bond acceptors (Lipinski definition) is 3. The fourth-order valence-electron chi connectivity index (χ4n) is 1.41. The lowest BCUT2D eigenvalue weighted by atomic mass is 9.87. The third kappa shape index (κ3) is 5.16. The van der Waals surface area contributed by atoms with Gasteiger partial charge in [-0.2, -0.15) is 0 Å². The summed E-state index contributed by atoms with van der Waals surface area (Å²) in [5.41, 5.74) is -0.540. The number of thiophene rings is 1. The average Bonchev–Trinajstić information content (AvgIpc) is 2.67. The molecule has 2 N–H and O–H groups in total. The number of aliphatic carboxylic acids is 1. The largest absolute Gasteiger partial charge is 0.480 e. The van der Waals surface area contributed by atoms with E-state index in [1.807, 2.05) is 12.1 Å². The van der Waals surface area contributed by atoms with Crippen LogP contribution >= 0.6 is 27.3 Å². The lowest BCUT2D eigenvalue weighted by Gasteiger charge is -2.27. The maximum atomic E-state index is 11.7. The van der Waals surface area contributed by atoms with E-state index in [2.05, 4.69) is 21.2 Å². The van der Waals surface area contributed by atoms with Crippen LogP contribution in [0.25, 0.3) is 6.08 Å². The number of carbonyl (C=O) groups is 2. The van der Waals surface area contributed by atoms with Gasteiger partial charge < -0.3 is 10.4 Å². The van der Waals surface area contributed by atoms with Gasteiger partial charge in [0, 0.05) is 11.0 Å². The second-order valence-electron chi connectivity index (χ2n) is 5.12. The molecule has 0 bridgehead atoms. The molecule has 0 aliphatic heterocycles. The van der Waals surface area contributed by atoms with Crippen LogP contribution in [0.2, 0.25) is 0 Å². The molecule has 0 unspecified atom stereocenters. The van der Waals surface area contributed by atoms with Crippen LogP contribution in [0.1, 0.15) is 25.6 Å². The lowest BCUT2D eigenvalue weighted by Crippen LogP contribution is -2.48. The third-order valence-corrected chi connectivity index (χ3v) is 3.98. The van der Waals surface area contributed by atoms with Gasteiger partial charge in [-0.1, -0.05) is 20.8 Å². The fourth-order valence-corrected chi connectivity index (χ4v) is 2.74. The quantitative estimate of drug-likeness (QED) is 0.823. The van der Waals surface area contributed by atoms with Crippen molar-refractivity contribution in [2.24, 2.45) is 5.41 Å². The molecule has 1 aromatic heterocycles. The molecule has 1 rings (SSSR count). The Morgan fingerprint density at radius 2 is 2.05 bits per heavy atom. The number of rotatable bonds is 4. The zero-order chi connectivity index (χ0) is 14.6. The number of carboxylic acids is 1. The predicted octanol–water partition coefficient (Wildman–Crippen LogP) is 3.14. The highest BCUT2D eigenvalue weighted by Gasteiger charge is 2.31. The van der Waals surface area contributed by atoms with Crippen LogP contribution in [-0.4, -0.2) is 23.0 Å². The van der Waals surface area contributed by atoms with Crippen LogP contribution in [0.15, 0.2) is 22.0 Å². The molecule has 0 fully saturated rings. The smallest absolute Gasteiger partial charge is 0.326 e. The van der Waals surface area contributed by atoms with Crippen LogP contribution in [-0.2, 0) is 9.59 Å². The number of hydrogen-bond donors (Lipinski definition) is 2. The molecule has 0 saturated heterocycles. The van der Waals surface area contributed by atoms with E-state index in [1.165, 1.54) is 17.4 Å². The van der Waals surface area contributed by atoms with Gasteiger partial charge in [0.2, 0.25) is 5.91 Å². The van der Waals surface area contributed by atoms with Crippen LogP contribution in [0.5, 0.6) is 0 Å². The van der Waals surface area contributed by atoms with E-state index in [1.54, 1.807) is 26.8 Å². The molecule has 1 heterocycles. The molecule has 0 radical (unpaired) electrons. The van der Waals surface area contributed by atoms with Crippen molar-refractivity contribution in [1.29, 1.82) is 0 Å². The summed E-state index contributed by atoms with van der Waals surface area (Å²) >= 11 is 4.82. The van der Waals surface area contributed by atoms with Gasteiger partial charge in [-0.15, -0.1) is 11.3 Å². The first kappa shape index (κ1) is 15.9. The zero-order valence-electron chi connectivity index (χ0n) is 10.9. The highest BCUT2D eigenvalue weighted by Crippen LogP contribution is 2.23. The summed E-state index contributed by atoms with van der Waals surface area (Å²) in [6.07, 6.45) is 3.01. The molecular weight excluding hydrogens is 330 g/mol. The first-order valence-corrected chi connectivity index (χ1v) is 7.28. The minimum absolute atomic E-state index is 0.410.